The van der Waals surface area contributed by atoms with Crippen LogP contribution in [-0.4, -0.2) is 24.4 Å². The highest BCUT2D eigenvalue weighted by atomic mass is 16.2. The van der Waals surface area contributed by atoms with Crippen molar-refractivity contribution < 1.29 is 9.59 Å². The molecule has 0 saturated carbocycles. The molecule has 1 saturated heterocycles. The van der Waals surface area contributed by atoms with Gasteiger partial charge in [-0.05, 0) is 44.9 Å². The van der Waals surface area contributed by atoms with Gasteiger partial charge in [-0.3, -0.25) is 9.59 Å². The molecule has 1 heterocycles. The van der Waals surface area contributed by atoms with E-state index in [1.807, 2.05) is 45.9 Å². The van der Waals surface area contributed by atoms with E-state index in [4.69, 9.17) is 0 Å². The average Bonchev–Trinajstić information content (AvgIpc) is 2.74. The molecule has 1 fully saturated rings. The second kappa shape index (κ2) is 5.65. The number of benzene rings is 1. The van der Waals surface area contributed by atoms with Crippen LogP contribution in [0.25, 0.3) is 0 Å². The van der Waals surface area contributed by atoms with Crippen molar-refractivity contribution in [3.63, 3.8) is 0 Å². The number of nitrogens with zero attached hydrogens (tertiary/aromatic N) is 1. The first-order chi connectivity index (χ1) is 9.40. The summed E-state index contributed by atoms with van der Waals surface area (Å²) in [6.45, 7) is 8.37. The zero-order valence-electron chi connectivity index (χ0n) is 12.6. The fourth-order valence-corrected chi connectivity index (χ4v) is 2.55. The SMILES string of the molecule is Cc1cccc(N2C[C@@H](C(=O)NC(C)C)CC2=O)c1C. The molecule has 2 rings (SSSR count). The molecule has 1 aromatic rings. The third-order valence-corrected chi connectivity index (χ3v) is 3.79. The van der Waals surface area contributed by atoms with E-state index in [0.717, 1.165) is 16.8 Å². The Bertz CT molecular complexity index is 537. The maximum Gasteiger partial charge on any atom is 0.227 e. The summed E-state index contributed by atoms with van der Waals surface area (Å²) in [6.07, 6.45) is 0.298. The van der Waals surface area contributed by atoms with Crippen LogP contribution in [0.5, 0.6) is 0 Å². The standard InChI is InChI=1S/C16H22N2O2/c1-10(2)17-16(20)13-8-15(19)18(9-13)14-7-5-6-11(3)12(14)4/h5-7,10,13H,8-9H2,1-4H3,(H,17,20)/t13-/m0/s1. The predicted molar refractivity (Wildman–Crippen MR) is 79.7 cm³/mol. The molecule has 0 aliphatic carbocycles. The molecule has 2 amide bonds. The van der Waals surface area contributed by atoms with E-state index in [9.17, 15) is 9.59 Å². The minimum Gasteiger partial charge on any atom is -0.354 e. The van der Waals surface area contributed by atoms with Crippen molar-refractivity contribution in [2.45, 2.75) is 40.2 Å². The van der Waals surface area contributed by atoms with Crippen molar-refractivity contribution in [3.05, 3.63) is 29.3 Å². The molecule has 20 heavy (non-hydrogen) atoms. The fourth-order valence-electron chi connectivity index (χ4n) is 2.55. The van der Waals surface area contributed by atoms with Crippen LogP contribution in [0.15, 0.2) is 18.2 Å². The van der Waals surface area contributed by atoms with Gasteiger partial charge in [0.1, 0.15) is 0 Å². The Morgan fingerprint density at radius 1 is 1.35 bits per heavy atom. The van der Waals surface area contributed by atoms with Gasteiger partial charge in [-0.15, -0.1) is 0 Å². The smallest absolute Gasteiger partial charge is 0.227 e. The summed E-state index contributed by atoms with van der Waals surface area (Å²) in [6, 6.07) is 6.03. The van der Waals surface area contributed by atoms with Crippen molar-refractivity contribution in [1.29, 1.82) is 0 Å². The van der Waals surface area contributed by atoms with E-state index in [0.29, 0.717) is 13.0 Å². The molecule has 4 nitrogen and oxygen atoms in total. The maximum absolute atomic E-state index is 12.2. The van der Waals surface area contributed by atoms with Crippen LogP contribution < -0.4 is 10.2 Å². The summed E-state index contributed by atoms with van der Waals surface area (Å²) in [5.41, 5.74) is 3.19. The molecule has 1 aliphatic rings. The van der Waals surface area contributed by atoms with Gasteiger partial charge in [-0.25, -0.2) is 0 Å². The van der Waals surface area contributed by atoms with Crippen LogP contribution in [0, 0.1) is 19.8 Å². The number of rotatable bonds is 3. The lowest BCUT2D eigenvalue weighted by molar-refractivity contribution is -0.126. The summed E-state index contributed by atoms with van der Waals surface area (Å²) in [5, 5.41) is 2.89. The topological polar surface area (TPSA) is 49.4 Å². The summed E-state index contributed by atoms with van der Waals surface area (Å²) in [5.74, 6) is -0.242. The maximum atomic E-state index is 12.2. The van der Waals surface area contributed by atoms with E-state index >= 15 is 0 Å². The third kappa shape index (κ3) is 2.84. The number of anilines is 1. The first-order valence-electron chi connectivity index (χ1n) is 7.07. The Balaban J connectivity index is 2.17. The Morgan fingerprint density at radius 2 is 2.05 bits per heavy atom. The summed E-state index contributed by atoms with van der Waals surface area (Å²) >= 11 is 0. The Labute approximate surface area is 120 Å². The van der Waals surface area contributed by atoms with E-state index in [1.54, 1.807) is 4.90 Å². The number of aryl methyl sites for hydroxylation is 1. The van der Waals surface area contributed by atoms with Gasteiger partial charge in [0, 0.05) is 24.7 Å². The molecule has 108 valence electrons. The van der Waals surface area contributed by atoms with Gasteiger partial charge in [0.15, 0.2) is 0 Å². The van der Waals surface area contributed by atoms with Gasteiger partial charge >= 0.3 is 0 Å². The van der Waals surface area contributed by atoms with Gasteiger partial charge in [0.2, 0.25) is 11.8 Å². The van der Waals surface area contributed by atoms with E-state index in [2.05, 4.69) is 5.32 Å². The van der Waals surface area contributed by atoms with Gasteiger partial charge in [-0.2, -0.15) is 0 Å². The summed E-state index contributed by atoms with van der Waals surface area (Å²) in [4.78, 5) is 26.0. The second-order valence-electron chi connectivity index (χ2n) is 5.79. The van der Waals surface area contributed by atoms with E-state index < -0.39 is 0 Å². The minimum absolute atomic E-state index is 0.0267. The molecule has 0 radical (unpaired) electrons. The van der Waals surface area contributed by atoms with Gasteiger partial charge < -0.3 is 10.2 Å². The largest absolute Gasteiger partial charge is 0.354 e. The lowest BCUT2D eigenvalue weighted by Crippen LogP contribution is -2.37. The van der Waals surface area contributed by atoms with E-state index in [-0.39, 0.29) is 23.8 Å². The molecule has 0 bridgehead atoms. The highest BCUT2D eigenvalue weighted by Crippen LogP contribution is 2.29. The Kier molecular flexibility index (Phi) is 4.12. The predicted octanol–water partition coefficient (Wildman–Crippen LogP) is 2.18. The number of nitrogens with one attached hydrogen (secondary N) is 1. The molecular weight excluding hydrogens is 252 g/mol. The van der Waals surface area contributed by atoms with Crippen LogP contribution in [-0.2, 0) is 9.59 Å². The first kappa shape index (κ1) is 14.6. The number of hydrogen-bond donors (Lipinski definition) is 1. The zero-order chi connectivity index (χ0) is 14.9. The quantitative estimate of drug-likeness (QED) is 0.918. The zero-order valence-corrected chi connectivity index (χ0v) is 12.6. The van der Waals surface area contributed by atoms with Crippen molar-refractivity contribution in [2.24, 2.45) is 5.92 Å². The Hall–Kier alpha value is -1.84. The van der Waals surface area contributed by atoms with Crippen molar-refractivity contribution >= 4 is 17.5 Å². The minimum atomic E-state index is -0.246. The third-order valence-electron chi connectivity index (χ3n) is 3.79. The van der Waals surface area contributed by atoms with Crippen LogP contribution in [0.3, 0.4) is 0 Å². The molecule has 0 unspecified atom stereocenters. The molecule has 0 spiro atoms. The Morgan fingerprint density at radius 3 is 2.70 bits per heavy atom. The highest BCUT2D eigenvalue weighted by Gasteiger charge is 2.35. The molecular formula is C16H22N2O2. The van der Waals surface area contributed by atoms with Crippen molar-refractivity contribution in [1.82, 2.24) is 5.32 Å². The monoisotopic (exact) mass is 274 g/mol. The highest BCUT2D eigenvalue weighted by molar-refractivity contribution is 6.00. The molecule has 1 atom stereocenters. The first-order valence-corrected chi connectivity index (χ1v) is 7.07. The van der Waals surface area contributed by atoms with Crippen molar-refractivity contribution in [3.8, 4) is 0 Å². The van der Waals surface area contributed by atoms with Gasteiger partial charge in [-0.1, -0.05) is 12.1 Å². The molecule has 1 aromatic carbocycles. The van der Waals surface area contributed by atoms with Crippen LogP contribution in [0.4, 0.5) is 5.69 Å². The lowest BCUT2D eigenvalue weighted by Gasteiger charge is -2.20. The second-order valence-corrected chi connectivity index (χ2v) is 5.79. The lowest BCUT2D eigenvalue weighted by atomic mass is 10.1. The molecule has 1 N–H and O–H groups in total. The van der Waals surface area contributed by atoms with Crippen LogP contribution in [0.2, 0.25) is 0 Å². The van der Waals surface area contributed by atoms with Crippen molar-refractivity contribution in [2.75, 3.05) is 11.4 Å². The van der Waals surface area contributed by atoms with Crippen LogP contribution >= 0.6 is 0 Å². The molecule has 1 aliphatic heterocycles. The molecule has 0 aromatic heterocycles. The van der Waals surface area contributed by atoms with E-state index in [1.165, 1.54) is 0 Å². The van der Waals surface area contributed by atoms with Gasteiger partial charge in [0.05, 0.1) is 5.92 Å². The number of hydrogen-bond acceptors (Lipinski definition) is 2. The number of amides is 2. The number of carbonyl (C=O) groups is 2. The average molecular weight is 274 g/mol. The van der Waals surface area contributed by atoms with Gasteiger partial charge in [0.25, 0.3) is 0 Å². The summed E-state index contributed by atoms with van der Waals surface area (Å²) in [7, 11) is 0. The molecule has 4 heteroatoms. The summed E-state index contributed by atoms with van der Waals surface area (Å²) < 4.78 is 0. The number of carbonyl (C=O) groups excluding carboxylic acids is 2. The fraction of sp³-hybridized carbons (Fsp3) is 0.500. The normalized spacial score (nSPS) is 18.8. The van der Waals surface area contributed by atoms with Crippen LogP contribution in [0.1, 0.15) is 31.4 Å².